The van der Waals surface area contributed by atoms with Gasteiger partial charge in [0.05, 0.1) is 5.56 Å². The number of alkyl halides is 2. The lowest BCUT2D eigenvalue weighted by Crippen LogP contribution is -2.18. The molecule has 0 aliphatic heterocycles. The molecule has 0 spiro atoms. The van der Waals surface area contributed by atoms with Crippen molar-refractivity contribution >= 4 is 5.97 Å². The highest BCUT2D eigenvalue weighted by molar-refractivity contribution is 5.69. The lowest BCUT2D eigenvalue weighted by atomic mass is 10.0. The quantitative estimate of drug-likeness (QED) is 0.592. The SMILES string of the molecule is O=C(O)CC(F)(F)c1ccc(O)c(O)c1O. The topological polar surface area (TPSA) is 98.0 Å². The van der Waals surface area contributed by atoms with Crippen LogP contribution in [0, 0.1) is 0 Å². The van der Waals surface area contributed by atoms with Crippen LogP contribution < -0.4 is 0 Å². The van der Waals surface area contributed by atoms with Gasteiger partial charge in [0.1, 0.15) is 6.42 Å². The normalized spacial score (nSPS) is 11.4. The van der Waals surface area contributed by atoms with E-state index >= 15 is 0 Å². The minimum absolute atomic E-state index is 0.646. The zero-order valence-electron chi connectivity index (χ0n) is 7.81. The maximum Gasteiger partial charge on any atom is 0.309 e. The lowest BCUT2D eigenvalue weighted by Gasteiger charge is -2.16. The van der Waals surface area contributed by atoms with Gasteiger partial charge in [-0.2, -0.15) is 0 Å². The summed E-state index contributed by atoms with van der Waals surface area (Å²) in [6.07, 6.45) is -1.52. The molecule has 16 heavy (non-hydrogen) atoms. The van der Waals surface area contributed by atoms with Crippen molar-refractivity contribution in [3.05, 3.63) is 17.7 Å². The first-order chi connectivity index (χ1) is 7.25. The van der Waals surface area contributed by atoms with Gasteiger partial charge in [-0.1, -0.05) is 0 Å². The van der Waals surface area contributed by atoms with E-state index in [4.69, 9.17) is 20.4 Å². The van der Waals surface area contributed by atoms with E-state index in [1.807, 2.05) is 0 Å². The van der Waals surface area contributed by atoms with Crippen LogP contribution in [0.25, 0.3) is 0 Å². The van der Waals surface area contributed by atoms with Gasteiger partial charge in [0.25, 0.3) is 5.92 Å². The fourth-order valence-corrected chi connectivity index (χ4v) is 1.15. The number of aromatic hydroxyl groups is 3. The van der Waals surface area contributed by atoms with Gasteiger partial charge >= 0.3 is 5.97 Å². The maximum absolute atomic E-state index is 13.2. The van der Waals surface area contributed by atoms with Gasteiger partial charge in [-0.05, 0) is 12.1 Å². The summed E-state index contributed by atoms with van der Waals surface area (Å²) in [5, 5.41) is 35.3. The van der Waals surface area contributed by atoms with Crippen molar-refractivity contribution in [3.63, 3.8) is 0 Å². The highest BCUT2D eigenvalue weighted by atomic mass is 19.3. The van der Waals surface area contributed by atoms with Crippen LogP contribution in [-0.4, -0.2) is 26.4 Å². The molecule has 0 amide bonds. The summed E-state index contributed by atoms with van der Waals surface area (Å²) in [4.78, 5) is 10.2. The molecule has 0 saturated carbocycles. The molecule has 7 heteroatoms. The molecule has 1 rings (SSSR count). The summed E-state index contributed by atoms with van der Waals surface area (Å²) in [7, 11) is 0. The number of phenols is 3. The molecule has 1 aromatic rings. The molecule has 1 aromatic carbocycles. The van der Waals surface area contributed by atoms with E-state index in [2.05, 4.69) is 0 Å². The van der Waals surface area contributed by atoms with Gasteiger partial charge in [0, 0.05) is 0 Å². The van der Waals surface area contributed by atoms with Crippen LogP contribution >= 0.6 is 0 Å². The van der Waals surface area contributed by atoms with Crippen molar-refractivity contribution in [3.8, 4) is 17.2 Å². The number of rotatable bonds is 3. The molecular weight excluding hydrogens is 226 g/mol. The fourth-order valence-electron chi connectivity index (χ4n) is 1.15. The maximum atomic E-state index is 13.2. The van der Waals surface area contributed by atoms with E-state index in [1.54, 1.807) is 0 Å². The summed E-state index contributed by atoms with van der Waals surface area (Å²) in [6.45, 7) is 0. The Morgan fingerprint density at radius 2 is 1.75 bits per heavy atom. The molecule has 0 radical (unpaired) electrons. The first-order valence-electron chi connectivity index (χ1n) is 4.09. The van der Waals surface area contributed by atoms with E-state index in [1.165, 1.54) is 0 Å². The average Bonchev–Trinajstić information content (AvgIpc) is 2.11. The van der Waals surface area contributed by atoms with Crippen LogP contribution in [0.3, 0.4) is 0 Å². The second kappa shape index (κ2) is 3.84. The summed E-state index contributed by atoms with van der Waals surface area (Å²) >= 11 is 0. The van der Waals surface area contributed by atoms with E-state index in [0.29, 0.717) is 6.07 Å². The van der Waals surface area contributed by atoms with Gasteiger partial charge in [-0.3, -0.25) is 4.79 Å². The standard InChI is InChI=1S/C9H8F2O5/c10-9(11,3-6(13)14)4-1-2-5(12)8(16)7(4)15/h1-2,12,15-16H,3H2,(H,13,14). The number of phenolic OH excluding ortho intramolecular Hbond substituents is 3. The minimum atomic E-state index is -3.83. The molecule has 0 aromatic heterocycles. The molecule has 0 unspecified atom stereocenters. The Labute approximate surface area is 88.2 Å². The first kappa shape index (κ1) is 12.0. The average molecular weight is 234 g/mol. The van der Waals surface area contributed by atoms with Crippen molar-refractivity contribution in [1.29, 1.82) is 0 Å². The van der Waals surface area contributed by atoms with Gasteiger partial charge in [0.2, 0.25) is 5.75 Å². The number of hydrogen-bond donors (Lipinski definition) is 4. The van der Waals surface area contributed by atoms with Crippen molar-refractivity contribution in [2.75, 3.05) is 0 Å². The molecule has 5 nitrogen and oxygen atoms in total. The van der Waals surface area contributed by atoms with Crippen molar-refractivity contribution in [2.24, 2.45) is 0 Å². The van der Waals surface area contributed by atoms with Crippen LogP contribution in [0.5, 0.6) is 17.2 Å². The number of halogens is 2. The summed E-state index contributed by atoms with van der Waals surface area (Å²) in [6, 6.07) is 1.38. The number of carboxylic acid groups (broad SMARTS) is 1. The third-order valence-electron chi connectivity index (χ3n) is 1.90. The molecule has 0 fully saturated rings. The Bertz CT molecular complexity index is 430. The van der Waals surface area contributed by atoms with Crippen molar-refractivity contribution in [1.82, 2.24) is 0 Å². The molecule has 88 valence electrons. The molecule has 0 bridgehead atoms. The predicted octanol–water partition coefficient (Wildman–Crippen LogP) is 1.37. The van der Waals surface area contributed by atoms with Gasteiger partial charge < -0.3 is 20.4 Å². The molecule has 0 aliphatic carbocycles. The van der Waals surface area contributed by atoms with Gasteiger partial charge in [-0.25, -0.2) is 8.78 Å². The highest BCUT2D eigenvalue weighted by Gasteiger charge is 2.38. The first-order valence-corrected chi connectivity index (χ1v) is 4.09. The van der Waals surface area contributed by atoms with Gasteiger partial charge in [-0.15, -0.1) is 0 Å². The molecule has 0 aliphatic rings. The van der Waals surface area contributed by atoms with Gasteiger partial charge in [0.15, 0.2) is 11.5 Å². The Kier molecular flexibility index (Phi) is 2.88. The third-order valence-corrected chi connectivity index (χ3v) is 1.90. The van der Waals surface area contributed by atoms with E-state index in [-0.39, 0.29) is 0 Å². The van der Waals surface area contributed by atoms with Crippen LogP contribution in [0.1, 0.15) is 12.0 Å². The number of carboxylic acids is 1. The Morgan fingerprint density at radius 1 is 1.19 bits per heavy atom. The molecule has 0 atom stereocenters. The Balaban J connectivity index is 3.23. The second-order valence-corrected chi connectivity index (χ2v) is 3.10. The van der Waals surface area contributed by atoms with Crippen molar-refractivity contribution < 1.29 is 34.0 Å². The number of hydrogen-bond acceptors (Lipinski definition) is 4. The molecule has 0 heterocycles. The second-order valence-electron chi connectivity index (χ2n) is 3.10. The molecule has 0 saturated heterocycles. The number of benzene rings is 1. The van der Waals surface area contributed by atoms with Crippen LogP contribution in [-0.2, 0) is 10.7 Å². The molecular formula is C9H8F2O5. The lowest BCUT2D eigenvalue weighted by molar-refractivity contribution is -0.145. The Hall–Kier alpha value is -2.05. The minimum Gasteiger partial charge on any atom is -0.504 e. The van der Waals surface area contributed by atoms with Crippen LogP contribution in [0.4, 0.5) is 8.78 Å². The summed E-state index contributed by atoms with van der Waals surface area (Å²) in [5.41, 5.74) is -1.05. The number of aliphatic carboxylic acids is 1. The summed E-state index contributed by atoms with van der Waals surface area (Å²) < 4.78 is 26.5. The summed E-state index contributed by atoms with van der Waals surface area (Å²) in [5.74, 6) is -8.70. The van der Waals surface area contributed by atoms with Crippen LogP contribution in [0.15, 0.2) is 12.1 Å². The smallest absolute Gasteiger partial charge is 0.309 e. The monoisotopic (exact) mass is 234 g/mol. The number of carbonyl (C=O) groups is 1. The predicted molar refractivity (Wildman–Crippen MR) is 47.6 cm³/mol. The highest BCUT2D eigenvalue weighted by Crippen LogP contribution is 2.45. The zero-order chi connectivity index (χ0) is 12.5. The molecule has 4 N–H and O–H groups in total. The largest absolute Gasteiger partial charge is 0.504 e. The van der Waals surface area contributed by atoms with E-state index in [0.717, 1.165) is 6.07 Å². The zero-order valence-corrected chi connectivity index (χ0v) is 7.81. The van der Waals surface area contributed by atoms with Crippen molar-refractivity contribution in [2.45, 2.75) is 12.3 Å². The Morgan fingerprint density at radius 3 is 2.25 bits per heavy atom. The van der Waals surface area contributed by atoms with E-state index in [9.17, 15) is 13.6 Å². The fraction of sp³-hybridized carbons (Fsp3) is 0.222. The van der Waals surface area contributed by atoms with E-state index < -0.39 is 41.1 Å². The third kappa shape index (κ3) is 2.13. The van der Waals surface area contributed by atoms with Crippen LogP contribution in [0.2, 0.25) is 0 Å².